The van der Waals surface area contributed by atoms with Crippen molar-refractivity contribution in [2.24, 2.45) is 0 Å². The minimum absolute atomic E-state index is 0.233. The van der Waals surface area contributed by atoms with Crippen LogP contribution in [-0.2, 0) is 9.47 Å². The lowest BCUT2D eigenvalue weighted by Gasteiger charge is -2.27. The second kappa shape index (κ2) is 8.41. The molecule has 0 heterocycles. The third kappa shape index (κ3) is 4.61. The smallest absolute Gasteiger partial charge is 0.116 e. The maximum atomic E-state index is 9.77. The maximum Gasteiger partial charge on any atom is 0.116 e. The van der Waals surface area contributed by atoms with E-state index in [2.05, 4.69) is 4.90 Å². The number of anilines is 2. The van der Waals surface area contributed by atoms with E-state index in [0.29, 0.717) is 18.9 Å². The fourth-order valence-electron chi connectivity index (χ4n) is 2.49. The van der Waals surface area contributed by atoms with Crippen LogP contribution >= 0.6 is 0 Å². The summed E-state index contributed by atoms with van der Waals surface area (Å²) < 4.78 is 10.4. The molecule has 0 bridgehead atoms. The van der Waals surface area contributed by atoms with Crippen molar-refractivity contribution in [2.75, 3.05) is 51.2 Å². The molecule has 5 nitrogen and oxygen atoms in total. The van der Waals surface area contributed by atoms with E-state index in [0.717, 1.165) is 29.9 Å². The molecule has 0 fully saturated rings. The molecular weight excluding hydrogens is 292 g/mol. The van der Waals surface area contributed by atoms with Crippen LogP contribution in [0, 0.1) is 0 Å². The van der Waals surface area contributed by atoms with E-state index >= 15 is 0 Å². The normalized spacial score (nSPS) is 10.7. The second-order valence-corrected chi connectivity index (χ2v) is 5.30. The molecule has 0 aliphatic heterocycles. The number of rotatable bonds is 8. The van der Waals surface area contributed by atoms with Gasteiger partial charge in [0.05, 0.1) is 13.2 Å². The number of aromatic hydroxyl groups is 1. The van der Waals surface area contributed by atoms with Gasteiger partial charge in [-0.3, -0.25) is 0 Å². The van der Waals surface area contributed by atoms with E-state index in [4.69, 9.17) is 15.2 Å². The Kier molecular flexibility index (Phi) is 6.26. The molecule has 0 amide bonds. The molecule has 5 heteroatoms. The van der Waals surface area contributed by atoms with Gasteiger partial charge in [-0.15, -0.1) is 0 Å². The Balaban J connectivity index is 2.42. The van der Waals surface area contributed by atoms with Crippen LogP contribution in [0.25, 0.3) is 11.1 Å². The molecule has 2 rings (SSSR count). The first-order valence-electron chi connectivity index (χ1n) is 7.57. The highest BCUT2D eigenvalue weighted by Gasteiger charge is 2.13. The van der Waals surface area contributed by atoms with Crippen molar-refractivity contribution in [3.8, 4) is 16.9 Å². The Morgan fingerprint density at radius 1 is 1.00 bits per heavy atom. The number of ether oxygens (including phenoxy) is 2. The number of nitrogens with zero attached hydrogens (tertiary/aromatic N) is 1. The van der Waals surface area contributed by atoms with E-state index in [1.165, 1.54) is 0 Å². The zero-order chi connectivity index (χ0) is 16.7. The molecule has 0 spiro atoms. The topological polar surface area (TPSA) is 68.0 Å². The number of nitrogen functional groups attached to an aromatic ring is 1. The van der Waals surface area contributed by atoms with E-state index in [1.807, 2.05) is 30.3 Å². The summed E-state index contributed by atoms with van der Waals surface area (Å²) in [6.07, 6.45) is 0. The van der Waals surface area contributed by atoms with E-state index in [1.54, 1.807) is 26.4 Å². The van der Waals surface area contributed by atoms with Gasteiger partial charge in [-0.05, 0) is 35.9 Å². The van der Waals surface area contributed by atoms with Crippen molar-refractivity contribution in [2.45, 2.75) is 0 Å². The lowest BCUT2D eigenvalue weighted by molar-refractivity contribution is 0.190. The van der Waals surface area contributed by atoms with Crippen LogP contribution in [-0.4, -0.2) is 45.6 Å². The fraction of sp³-hybridized carbons (Fsp3) is 0.333. The maximum absolute atomic E-state index is 9.77. The number of phenols is 1. The third-order valence-corrected chi connectivity index (χ3v) is 3.65. The summed E-state index contributed by atoms with van der Waals surface area (Å²) in [6.45, 7) is 2.73. The van der Waals surface area contributed by atoms with Gasteiger partial charge in [0.15, 0.2) is 0 Å². The number of phenolic OH excluding ortho intramolecular Hbond substituents is 1. The average Bonchev–Trinajstić information content (AvgIpc) is 2.55. The molecule has 0 saturated carbocycles. The van der Waals surface area contributed by atoms with Gasteiger partial charge < -0.3 is 25.2 Å². The zero-order valence-corrected chi connectivity index (χ0v) is 13.7. The van der Waals surface area contributed by atoms with Crippen molar-refractivity contribution in [1.29, 1.82) is 0 Å². The summed E-state index contributed by atoms with van der Waals surface area (Å²) in [7, 11) is 3.38. The highest BCUT2D eigenvalue weighted by atomic mass is 16.5. The van der Waals surface area contributed by atoms with Gasteiger partial charge in [0, 0.05) is 44.2 Å². The van der Waals surface area contributed by atoms with Gasteiger partial charge in [-0.1, -0.05) is 12.1 Å². The largest absolute Gasteiger partial charge is 0.508 e. The minimum Gasteiger partial charge on any atom is -0.508 e. The van der Waals surface area contributed by atoms with Crippen molar-refractivity contribution in [1.82, 2.24) is 0 Å². The molecule has 2 aromatic carbocycles. The summed E-state index contributed by atoms with van der Waals surface area (Å²) in [5.41, 5.74) is 9.60. The van der Waals surface area contributed by atoms with Gasteiger partial charge in [-0.25, -0.2) is 0 Å². The quantitative estimate of drug-likeness (QED) is 0.733. The van der Waals surface area contributed by atoms with Gasteiger partial charge in [0.1, 0.15) is 5.75 Å². The fourth-order valence-corrected chi connectivity index (χ4v) is 2.49. The van der Waals surface area contributed by atoms with Crippen molar-refractivity contribution in [3.05, 3.63) is 42.5 Å². The molecule has 0 unspecified atom stereocenters. The van der Waals surface area contributed by atoms with Crippen molar-refractivity contribution in [3.63, 3.8) is 0 Å². The molecule has 0 aromatic heterocycles. The molecule has 23 heavy (non-hydrogen) atoms. The van der Waals surface area contributed by atoms with Gasteiger partial charge in [0.25, 0.3) is 0 Å². The van der Waals surface area contributed by atoms with Gasteiger partial charge >= 0.3 is 0 Å². The first kappa shape index (κ1) is 17.1. The first-order chi connectivity index (χ1) is 11.2. The molecule has 0 radical (unpaired) electrons. The molecule has 0 atom stereocenters. The number of nitrogens with two attached hydrogens (primary N) is 1. The highest BCUT2D eigenvalue weighted by molar-refractivity contribution is 5.82. The number of benzene rings is 2. The Labute approximate surface area is 137 Å². The summed E-state index contributed by atoms with van der Waals surface area (Å²) >= 11 is 0. The van der Waals surface area contributed by atoms with Crippen LogP contribution in [0.4, 0.5) is 11.4 Å². The predicted octanol–water partition coefficient (Wildman–Crippen LogP) is 2.74. The molecular formula is C18H24N2O3. The second-order valence-electron chi connectivity index (χ2n) is 5.30. The summed E-state index contributed by atoms with van der Waals surface area (Å²) in [5.74, 6) is 0.233. The predicted molar refractivity (Wildman–Crippen MR) is 93.9 cm³/mol. The molecule has 124 valence electrons. The van der Waals surface area contributed by atoms with Crippen LogP contribution in [0.5, 0.6) is 5.75 Å². The summed E-state index contributed by atoms with van der Waals surface area (Å²) in [5, 5.41) is 9.77. The van der Waals surface area contributed by atoms with Crippen molar-refractivity contribution >= 4 is 11.4 Å². The minimum atomic E-state index is 0.233. The molecule has 3 N–H and O–H groups in total. The Morgan fingerprint density at radius 2 is 1.70 bits per heavy atom. The Hall–Kier alpha value is -2.24. The van der Waals surface area contributed by atoms with E-state index < -0.39 is 0 Å². The zero-order valence-electron chi connectivity index (χ0n) is 13.7. The number of hydrogen-bond donors (Lipinski definition) is 2. The molecule has 0 saturated heterocycles. The summed E-state index contributed by atoms with van der Waals surface area (Å²) in [6, 6.07) is 13.0. The van der Waals surface area contributed by atoms with Crippen molar-refractivity contribution < 1.29 is 14.6 Å². The Bertz CT molecular complexity index is 623. The van der Waals surface area contributed by atoms with Crippen LogP contribution in [0.3, 0.4) is 0 Å². The SMILES string of the molecule is COCCN(CCOC)c1ccc(N)cc1-c1cccc(O)c1. The lowest BCUT2D eigenvalue weighted by atomic mass is 10.0. The third-order valence-electron chi connectivity index (χ3n) is 3.65. The average molecular weight is 316 g/mol. The molecule has 0 aliphatic carbocycles. The Morgan fingerprint density at radius 3 is 2.30 bits per heavy atom. The molecule has 0 aliphatic rings. The highest BCUT2D eigenvalue weighted by Crippen LogP contribution is 2.34. The first-order valence-corrected chi connectivity index (χ1v) is 7.57. The molecule has 2 aromatic rings. The monoisotopic (exact) mass is 316 g/mol. The van der Waals surface area contributed by atoms with Gasteiger partial charge in [-0.2, -0.15) is 0 Å². The van der Waals surface area contributed by atoms with Crippen LogP contribution < -0.4 is 10.6 Å². The van der Waals surface area contributed by atoms with Crippen LogP contribution in [0.2, 0.25) is 0 Å². The van der Waals surface area contributed by atoms with Crippen LogP contribution in [0.15, 0.2) is 42.5 Å². The lowest BCUT2D eigenvalue weighted by Crippen LogP contribution is -2.31. The van der Waals surface area contributed by atoms with Crippen LogP contribution in [0.1, 0.15) is 0 Å². The number of methoxy groups -OCH3 is 2. The van der Waals surface area contributed by atoms with Gasteiger partial charge in [0.2, 0.25) is 0 Å². The van der Waals surface area contributed by atoms with E-state index in [9.17, 15) is 5.11 Å². The standard InChI is InChI=1S/C18H24N2O3/c1-22-10-8-20(9-11-23-2)18-7-6-15(19)13-17(18)14-4-3-5-16(21)12-14/h3-7,12-13,21H,8-11,19H2,1-2H3. The number of hydrogen-bond acceptors (Lipinski definition) is 5. The van der Waals surface area contributed by atoms with E-state index in [-0.39, 0.29) is 5.75 Å². The summed E-state index contributed by atoms with van der Waals surface area (Å²) in [4.78, 5) is 2.20.